The molecule has 0 saturated carbocycles. The Hall–Kier alpha value is -1.85. The van der Waals surface area contributed by atoms with Crippen LogP contribution < -0.4 is 0 Å². The average molecular weight is 289 g/mol. The van der Waals surface area contributed by atoms with E-state index in [0.29, 0.717) is 5.58 Å². The molecule has 112 valence electrons. The van der Waals surface area contributed by atoms with Crippen LogP contribution in [-0.2, 0) is 6.54 Å². The maximum atomic E-state index is 10.9. The van der Waals surface area contributed by atoms with Crippen LogP contribution in [0.15, 0.2) is 28.7 Å². The number of rotatable bonds is 3. The zero-order chi connectivity index (χ0) is 15.0. The summed E-state index contributed by atoms with van der Waals surface area (Å²) in [4.78, 5) is 13.2. The Morgan fingerprint density at radius 1 is 1.43 bits per heavy atom. The molecule has 2 N–H and O–H groups in total. The molecule has 0 radical (unpaired) electrons. The lowest BCUT2D eigenvalue weighted by molar-refractivity contribution is 0.0320. The molecule has 1 aliphatic heterocycles. The number of carbonyl (C=O) groups is 1. The van der Waals surface area contributed by atoms with Crippen LogP contribution in [0.1, 0.15) is 29.5 Å². The van der Waals surface area contributed by atoms with E-state index in [-0.39, 0.29) is 17.8 Å². The van der Waals surface area contributed by atoms with Crippen molar-refractivity contribution in [3.05, 3.63) is 35.6 Å². The number of carboxylic acid groups (broad SMARTS) is 1. The molecule has 2 atom stereocenters. The van der Waals surface area contributed by atoms with E-state index in [4.69, 9.17) is 9.52 Å². The van der Waals surface area contributed by atoms with Crippen molar-refractivity contribution in [2.75, 3.05) is 13.1 Å². The molecular formula is C16H19NO4. The third-order valence-electron chi connectivity index (χ3n) is 4.14. The van der Waals surface area contributed by atoms with Crippen molar-refractivity contribution in [3.8, 4) is 0 Å². The summed E-state index contributed by atoms with van der Waals surface area (Å²) in [6.07, 6.45) is 0.605. The fourth-order valence-electron chi connectivity index (χ4n) is 2.92. The summed E-state index contributed by atoms with van der Waals surface area (Å²) < 4.78 is 5.26. The SMILES string of the molecule is CC1CN(Cc2ccc3oc(C(=O)O)cc3c2)CCC1O. The number of fused-ring (bicyclic) bond motifs is 1. The first kappa shape index (κ1) is 14.1. The standard InChI is InChI=1S/C16H19NO4/c1-10-8-17(5-4-13(10)18)9-11-2-3-14-12(6-11)7-15(21-14)16(19)20/h2-3,6-7,10,13,18H,4-5,8-9H2,1H3,(H,19,20). The molecule has 1 aliphatic rings. The van der Waals surface area contributed by atoms with E-state index in [2.05, 4.69) is 11.8 Å². The molecule has 0 amide bonds. The normalized spacial score (nSPS) is 23.5. The smallest absolute Gasteiger partial charge is 0.371 e. The van der Waals surface area contributed by atoms with Gasteiger partial charge in [-0.15, -0.1) is 0 Å². The first-order valence-corrected chi connectivity index (χ1v) is 7.19. The molecule has 2 aromatic rings. The number of likely N-dealkylation sites (tertiary alicyclic amines) is 1. The lowest BCUT2D eigenvalue weighted by atomic mass is 9.96. The van der Waals surface area contributed by atoms with Crippen molar-refractivity contribution >= 4 is 16.9 Å². The zero-order valence-corrected chi connectivity index (χ0v) is 12.0. The van der Waals surface area contributed by atoms with Crippen LogP contribution in [0.5, 0.6) is 0 Å². The van der Waals surface area contributed by atoms with Crippen LogP contribution >= 0.6 is 0 Å². The predicted octanol–water partition coefficient (Wildman–Crippen LogP) is 2.33. The summed E-state index contributed by atoms with van der Waals surface area (Å²) in [6.45, 7) is 4.64. The van der Waals surface area contributed by atoms with Crippen LogP contribution in [-0.4, -0.2) is 40.3 Å². The van der Waals surface area contributed by atoms with Crippen LogP contribution in [0.4, 0.5) is 0 Å². The maximum absolute atomic E-state index is 10.9. The van der Waals surface area contributed by atoms with Gasteiger partial charge < -0.3 is 14.6 Å². The number of aromatic carboxylic acids is 1. The van der Waals surface area contributed by atoms with Gasteiger partial charge in [-0.2, -0.15) is 0 Å². The minimum atomic E-state index is -1.05. The van der Waals surface area contributed by atoms with E-state index in [1.807, 2.05) is 18.2 Å². The van der Waals surface area contributed by atoms with E-state index < -0.39 is 5.97 Å². The van der Waals surface area contributed by atoms with Crippen molar-refractivity contribution in [2.45, 2.75) is 26.0 Å². The summed E-state index contributed by atoms with van der Waals surface area (Å²) >= 11 is 0. The highest BCUT2D eigenvalue weighted by Gasteiger charge is 2.24. The van der Waals surface area contributed by atoms with E-state index in [1.54, 1.807) is 6.07 Å². The summed E-state index contributed by atoms with van der Waals surface area (Å²) in [5.74, 6) is -0.793. The Labute approximate surface area is 122 Å². The number of carboxylic acids is 1. The molecule has 5 heteroatoms. The Morgan fingerprint density at radius 2 is 2.24 bits per heavy atom. The van der Waals surface area contributed by atoms with E-state index in [9.17, 15) is 9.90 Å². The molecule has 5 nitrogen and oxygen atoms in total. The van der Waals surface area contributed by atoms with Gasteiger partial charge in [0.1, 0.15) is 5.58 Å². The molecule has 1 aromatic carbocycles. The van der Waals surface area contributed by atoms with Gasteiger partial charge in [0, 0.05) is 25.0 Å². The van der Waals surface area contributed by atoms with Crippen molar-refractivity contribution in [2.24, 2.45) is 5.92 Å². The molecule has 0 spiro atoms. The number of hydrogen-bond acceptors (Lipinski definition) is 4. The molecular weight excluding hydrogens is 270 g/mol. The van der Waals surface area contributed by atoms with Crippen molar-refractivity contribution < 1.29 is 19.4 Å². The van der Waals surface area contributed by atoms with E-state index >= 15 is 0 Å². The first-order chi connectivity index (χ1) is 10.0. The van der Waals surface area contributed by atoms with Crippen LogP contribution in [0.2, 0.25) is 0 Å². The molecule has 1 aromatic heterocycles. The minimum absolute atomic E-state index is 0.0307. The number of piperidine rings is 1. The second-order valence-corrected chi connectivity index (χ2v) is 5.86. The molecule has 1 fully saturated rings. The van der Waals surface area contributed by atoms with Crippen LogP contribution in [0.25, 0.3) is 11.0 Å². The molecule has 21 heavy (non-hydrogen) atoms. The number of furan rings is 1. The van der Waals surface area contributed by atoms with Gasteiger partial charge in [-0.3, -0.25) is 4.90 Å². The monoisotopic (exact) mass is 289 g/mol. The summed E-state index contributed by atoms with van der Waals surface area (Å²) in [6, 6.07) is 7.32. The molecule has 3 rings (SSSR count). The maximum Gasteiger partial charge on any atom is 0.371 e. The number of hydrogen-bond donors (Lipinski definition) is 2. The molecule has 0 aliphatic carbocycles. The second kappa shape index (κ2) is 5.50. The van der Waals surface area contributed by atoms with Gasteiger partial charge in [0.2, 0.25) is 5.76 Å². The minimum Gasteiger partial charge on any atom is -0.475 e. The van der Waals surface area contributed by atoms with Crippen molar-refractivity contribution in [1.29, 1.82) is 0 Å². The molecule has 2 heterocycles. The van der Waals surface area contributed by atoms with Gasteiger partial charge in [0.25, 0.3) is 0 Å². The Balaban J connectivity index is 1.76. The molecule has 2 unspecified atom stereocenters. The highest BCUT2D eigenvalue weighted by molar-refractivity contribution is 5.91. The second-order valence-electron chi connectivity index (χ2n) is 5.86. The number of aliphatic hydroxyl groups is 1. The predicted molar refractivity (Wildman–Crippen MR) is 78.2 cm³/mol. The largest absolute Gasteiger partial charge is 0.475 e. The van der Waals surface area contributed by atoms with Gasteiger partial charge in [0.05, 0.1) is 6.10 Å². The van der Waals surface area contributed by atoms with Gasteiger partial charge in [0.15, 0.2) is 0 Å². The zero-order valence-electron chi connectivity index (χ0n) is 12.0. The Kier molecular flexibility index (Phi) is 3.69. The summed E-state index contributed by atoms with van der Waals surface area (Å²) in [5.41, 5.74) is 1.72. The molecule has 1 saturated heterocycles. The highest BCUT2D eigenvalue weighted by Crippen LogP contribution is 2.23. The fraction of sp³-hybridized carbons (Fsp3) is 0.438. The fourth-order valence-corrected chi connectivity index (χ4v) is 2.92. The quantitative estimate of drug-likeness (QED) is 0.907. The summed E-state index contributed by atoms with van der Waals surface area (Å²) in [7, 11) is 0. The Morgan fingerprint density at radius 3 is 2.95 bits per heavy atom. The first-order valence-electron chi connectivity index (χ1n) is 7.19. The van der Waals surface area contributed by atoms with Gasteiger partial charge in [-0.1, -0.05) is 13.0 Å². The third kappa shape index (κ3) is 2.94. The lowest BCUT2D eigenvalue weighted by Crippen LogP contribution is -2.41. The highest BCUT2D eigenvalue weighted by atomic mass is 16.4. The van der Waals surface area contributed by atoms with Crippen LogP contribution in [0.3, 0.4) is 0 Å². The topological polar surface area (TPSA) is 73.9 Å². The lowest BCUT2D eigenvalue weighted by Gasteiger charge is -2.34. The number of aliphatic hydroxyl groups excluding tert-OH is 1. The average Bonchev–Trinajstić information content (AvgIpc) is 2.86. The molecule has 0 bridgehead atoms. The van der Waals surface area contributed by atoms with Gasteiger partial charge >= 0.3 is 5.97 Å². The number of nitrogens with zero attached hydrogens (tertiary/aromatic N) is 1. The van der Waals surface area contributed by atoms with Crippen molar-refractivity contribution in [3.63, 3.8) is 0 Å². The van der Waals surface area contributed by atoms with E-state index in [1.165, 1.54) is 0 Å². The van der Waals surface area contributed by atoms with E-state index in [0.717, 1.165) is 37.0 Å². The van der Waals surface area contributed by atoms with Gasteiger partial charge in [-0.25, -0.2) is 4.79 Å². The van der Waals surface area contributed by atoms with Crippen LogP contribution in [0, 0.1) is 5.92 Å². The van der Waals surface area contributed by atoms with Gasteiger partial charge in [-0.05, 0) is 36.1 Å². The summed E-state index contributed by atoms with van der Waals surface area (Å²) in [5, 5.41) is 19.5. The third-order valence-corrected chi connectivity index (χ3v) is 4.14. The Bertz CT molecular complexity index is 663. The van der Waals surface area contributed by atoms with Crippen molar-refractivity contribution in [1.82, 2.24) is 4.90 Å². The number of benzene rings is 1.